The molecule has 1 N–H and O–H groups in total. The Labute approximate surface area is 148 Å². The van der Waals surface area contributed by atoms with Gasteiger partial charge in [0.1, 0.15) is 12.4 Å². The molecule has 6 nitrogen and oxygen atoms in total. The molecule has 1 heterocycles. The van der Waals surface area contributed by atoms with Crippen LogP contribution in [0.15, 0.2) is 65.4 Å². The van der Waals surface area contributed by atoms with E-state index >= 15 is 0 Å². The topological polar surface area (TPSA) is 72.7 Å². The maximum atomic E-state index is 12.7. The van der Waals surface area contributed by atoms with E-state index in [4.69, 9.17) is 0 Å². The van der Waals surface area contributed by atoms with Gasteiger partial charge in [0.25, 0.3) is 0 Å². The summed E-state index contributed by atoms with van der Waals surface area (Å²) in [4.78, 5) is 12.7. The van der Waals surface area contributed by atoms with Gasteiger partial charge in [0.05, 0.1) is 0 Å². The summed E-state index contributed by atoms with van der Waals surface area (Å²) in [5.74, 6) is -0.119. The van der Waals surface area contributed by atoms with E-state index in [1.807, 2.05) is 54.6 Å². The molecule has 0 aliphatic carbocycles. The molecule has 0 aliphatic rings. The number of aromatic nitrogens is 4. The lowest BCUT2D eigenvalue weighted by Crippen LogP contribution is -2.34. The maximum absolute atomic E-state index is 12.7. The number of carbonyl (C=O) groups is 1. The zero-order valence-corrected chi connectivity index (χ0v) is 14.4. The highest BCUT2D eigenvalue weighted by molar-refractivity contribution is 9.10. The summed E-state index contributed by atoms with van der Waals surface area (Å²) in [7, 11) is 0. The number of nitrogens with zero attached hydrogens (tertiary/aromatic N) is 4. The fraction of sp³-hybridized carbons (Fsp3) is 0.176. The van der Waals surface area contributed by atoms with Crippen LogP contribution in [-0.4, -0.2) is 26.1 Å². The Morgan fingerprint density at radius 1 is 1.12 bits per heavy atom. The second kappa shape index (κ2) is 7.83. The second-order valence-electron chi connectivity index (χ2n) is 5.34. The normalized spacial score (nSPS) is 11.9. The van der Waals surface area contributed by atoms with Gasteiger partial charge < -0.3 is 5.32 Å². The average molecular weight is 386 g/mol. The number of hydrogen-bond donors (Lipinski definition) is 1. The number of halogens is 1. The summed E-state index contributed by atoms with van der Waals surface area (Å²) in [6.07, 6.45) is 1.99. The van der Waals surface area contributed by atoms with Crippen LogP contribution in [0.4, 0.5) is 0 Å². The fourth-order valence-corrected chi connectivity index (χ4v) is 2.86. The molecule has 24 heavy (non-hydrogen) atoms. The molecule has 0 bridgehead atoms. The predicted octanol–water partition coefficient (Wildman–Crippen LogP) is 2.54. The number of carbonyl (C=O) groups excluding carboxylic acids is 1. The summed E-state index contributed by atoms with van der Waals surface area (Å²) in [5.41, 5.74) is 2.07. The molecule has 7 heteroatoms. The van der Waals surface area contributed by atoms with E-state index < -0.39 is 6.04 Å². The number of amides is 1. The van der Waals surface area contributed by atoms with Crippen molar-refractivity contribution in [3.05, 3.63) is 76.5 Å². The first kappa shape index (κ1) is 16.3. The van der Waals surface area contributed by atoms with Gasteiger partial charge in [-0.3, -0.25) is 4.79 Å². The van der Waals surface area contributed by atoms with Gasteiger partial charge >= 0.3 is 0 Å². The van der Waals surface area contributed by atoms with Crippen LogP contribution >= 0.6 is 15.9 Å². The first-order valence-corrected chi connectivity index (χ1v) is 8.30. The minimum atomic E-state index is -0.491. The number of nitrogens with one attached hydrogen (secondary N) is 1. The van der Waals surface area contributed by atoms with Crippen molar-refractivity contribution in [2.24, 2.45) is 0 Å². The van der Waals surface area contributed by atoms with Gasteiger partial charge in [0.2, 0.25) is 5.91 Å². The molecule has 0 fully saturated rings. The van der Waals surface area contributed by atoms with E-state index in [2.05, 4.69) is 36.8 Å². The van der Waals surface area contributed by atoms with Gasteiger partial charge in [-0.05, 0) is 33.7 Å². The average Bonchev–Trinajstić information content (AvgIpc) is 3.13. The Kier molecular flexibility index (Phi) is 5.32. The smallest absolute Gasteiger partial charge is 0.245 e. The third kappa shape index (κ3) is 4.26. The van der Waals surface area contributed by atoms with E-state index in [1.165, 1.54) is 11.0 Å². The van der Waals surface area contributed by atoms with Gasteiger partial charge in [0, 0.05) is 17.4 Å². The molecule has 1 aromatic heterocycles. The van der Waals surface area contributed by atoms with Crippen LogP contribution in [0, 0.1) is 0 Å². The third-order valence-corrected chi connectivity index (χ3v) is 4.11. The van der Waals surface area contributed by atoms with Gasteiger partial charge in [-0.1, -0.05) is 58.4 Å². The fourth-order valence-electron chi connectivity index (χ4n) is 2.41. The first-order chi connectivity index (χ1) is 11.7. The van der Waals surface area contributed by atoms with Gasteiger partial charge in [0.15, 0.2) is 0 Å². The first-order valence-electron chi connectivity index (χ1n) is 7.51. The molecule has 1 atom stereocenters. The van der Waals surface area contributed by atoms with E-state index in [0.29, 0.717) is 13.0 Å². The number of benzene rings is 2. The van der Waals surface area contributed by atoms with E-state index in [1.54, 1.807) is 0 Å². The summed E-state index contributed by atoms with van der Waals surface area (Å²) in [6.45, 7) is 0.450. The molecular weight excluding hydrogens is 370 g/mol. The van der Waals surface area contributed by atoms with Crippen LogP contribution in [0.5, 0.6) is 0 Å². The highest BCUT2D eigenvalue weighted by Crippen LogP contribution is 2.15. The SMILES string of the molecule is O=C(NCc1cccc(Br)c1)C(Cc1ccccc1)n1cnnn1. The Hall–Kier alpha value is -2.54. The molecule has 3 rings (SSSR count). The molecule has 3 aromatic rings. The third-order valence-electron chi connectivity index (χ3n) is 3.61. The Morgan fingerprint density at radius 2 is 1.92 bits per heavy atom. The van der Waals surface area contributed by atoms with Crippen LogP contribution < -0.4 is 5.32 Å². The van der Waals surface area contributed by atoms with Gasteiger partial charge in [-0.25, -0.2) is 4.68 Å². The minimum Gasteiger partial charge on any atom is -0.350 e. The largest absolute Gasteiger partial charge is 0.350 e. The monoisotopic (exact) mass is 385 g/mol. The Bertz CT molecular complexity index is 792. The van der Waals surface area contributed by atoms with Gasteiger partial charge in [-0.15, -0.1) is 5.10 Å². The van der Waals surface area contributed by atoms with Gasteiger partial charge in [-0.2, -0.15) is 0 Å². The maximum Gasteiger partial charge on any atom is 0.245 e. The summed E-state index contributed by atoms with van der Waals surface area (Å²) in [5, 5.41) is 14.1. The van der Waals surface area contributed by atoms with E-state index in [9.17, 15) is 4.79 Å². The standard InChI is InChI=1S/C17H16BrN5O/c18-15-8-4-7-14(9-15)11-19-17(24)16(23-12-20-21-22-23)10-13-5-2-1-3-6-13/h1-9,12,16H,10-11H2,(H,19,24). The molecule has 0 saturated heterocycles. The van der Waals surface area contributed by atoms with Crippen LogP contribution in [0.2, 0.25) is 0 Å². The Morgan fingerprint density at radius 3 is 2.62 bits per heavy atom. The van der Waals surface area contributed by atoms with Crippen LogP contribution in [0.25, 0.3) is 0 Å². The molecule has 0 spiro atoms. The number of tetrazole rings is 1. The number of hydrogen-bond acceptors (Lipinski definition) is 4. The molecule has 0 aliphatic heterocycles. The van der Waals surface area contributed by atoms with E-state index in [-0.39, 0.29) is 5.91 Å². The van der Waals surface area contributed by atoms with E-state index in [0.717, 1.165) is 15.6 Å². The molecule has 122 valence electrons. The minimum absolute atomic E-state index is 0.119. The van der Waals surface area contributed by atoms with Crippen molar-refractivity contribution in [1.82, 2.24) is 25.5 Å². The van der Waals surface area contributed by atoms with Crippen LogP contribution in [-0.2, 0) is 17.8 Å². The van der Waals surface area contributed by atoms with Crippen molar-refractivity contribution in [3.63, 3.8) is 0 Å². The van der Waals surface area contributed by atoms with Crippen molar-refractivity contribution in [2.45, 2.75) is 19.0 Å². The lowest BCUT2D eigenvalue weighted by molar-refractivity contribution is -0.124. The van der Waals surface area contributed by atoms with Crippen molar-refractivity contribution in [1.29, 1.82) is 0 Å². The molecule has 1 amide bonds. The number of rotatable bonds is 6. The quantitative estimate of drug-likeness (QED) is 0.707. The predicted molar refractivity (Wildman–Crippen MR) is 93.0 cm³/mol. The van der Waals surface area contributed by atoms with Crippen molar-refractivity contribution in [3.8, 4) is 0 Å². The molecule has 0 radical (unpaired) electrons. The molecule has 1 unspecified atom stereocenters. The van der Waals surface area contributed by atoms with Crippen molar-refractivity contribution in [2.75, 3.05) is 0 Å². The zero-order valence-electron chi connectivity index (χ0n) is 12.8. The van der Waals surface area contributed by atoms with Crippen LogP contribution in [0.1, 0.15) is 17.2 Å². The lowest BCUT2D eigenvalue weighted by atomic mass is 10.1. The summed E-state index contributed by atoms with van der Waals surface area (Å²) >= 11 is 3.43. The van der Waals surface area contributed by atoms with Crippen molar-refractivity contribution >= 4 is 21.8 Å². The second-order valence-corrected chi connectivity index (χ2v) is 6.26. The lowest BCUT2D eigenvalue weighted by Gasteiger charge is -2.16. The summed E-state index contributed by atoms with van der Waals surface area (Å²) < 4.78 is 2.47. The highest BCUT2D eigenvalue weighted by Gasteiger charge is 2.22. The molecule has 0 saturated carbocycles. The Balaban J connectivity index is 1.71. The summed E-state index contributed by atoms with van der Waals surface area (Å²) in [6, 6.07) is 17.2. The van der Waals surface area contributed by atoms with Crippen LogP contribution in [0.3, 0.4) is 0 Å². The molecule has 2 aromatic carbocycles. The van der Waals surface area contributed by atoms with Crippen molar-refractivity contribution < 1.29 is 4.79 Å². The molecular formula is C17H16BrN5O. The highest BCUT2D eigenvalue weighted by atomic mass is 79.9. The zero-order chi connectivity index (χ0) is 16.8.